The SMILES string of the molecule is C#Cc1cccc(NC(=O)c2cc(-c3ccncc3)nc3ccccc23)c1. The van der Waals surface area contributed by atoms with Gasteiger partial charge in [-0.2, -0.15) is 0 Å². The van der Waals surface area contributed by atoms with E-state index in [-0.39, 0.29) is 5.91 Å². The van der Waals surface area contributed by atoms with Crippen molar-refractivity contribution in [1.82, 2.24) is 9.97 Å². The van der Waals surface area contributed by atoms with E-state index in [1.807, 2.05) is 54.6 Å². The van der Waals surface area contributed by atoms with Gasteiger partial charge in [-0.1, -0.05) is 30.2 Å². The van der Waals surface area contributed by atoms with Crippen LogP contribution in [-0.4, -0.2) is 15.9 Å². The van der Waals surface area contributed by atoms with Crippen molar-refractivity contribution in [3.05, 3.63) is 90.3 Å². The highest BCUT2D eigenvalue weighted by Gasteiger charge is 2.14. The molecule has 0 atom stereocenters. The van der Waals surface area contributed by atoms with Gasteiger partial charge < -0.3 is 5.32 Å². The molecule has 0 aliphatic rings. The molecule has 0 spiro atoms. The molecule has 128 valence electrons. The van der Waals surface area contributed by atoms with Crippen molar-refractivity contribution in [2.24, 2.45) is 0 Å². The second-order valence-corrected chi connectivity index (χ2v) is 5.99. The molecule has 1 N–H and O–H groups in total. The number of aromatic nitrogens is 2. The number of fused-ring (bicyclic) bond motifs is 1. The van der Waals surface area contributed by atoms with Gasteiger partial charge in [-0.25, -0.2) is 4.98 Å². The summed E-state index contributed by atoms with van der Waals surface area (Å²) in [5.41, 5.74) is 4.30. The van der Waals surface area contributed by atoms with E-state index in [1.54, 1.807) is 24.5 Å². The number of carbonyl (C=O) groups excluding carboxylic acids is 1. The lowest BCUT2D eigenvalue weighted by Gasteiger charge is -2.11. The largest absolute Gasteiger partial charge is 0.322 e. The Labute approximate surface area is 156 Å². The molecule has 4 rings (SSSR count). The number of hydrogen-bond acceptors (Lipinski definition) is 3. The van der Waals surface area contributed by atoms with Crippen LogP contribution in [-0.2, 0) is 0 Å². The second kappa shape index (κ2) is 7.11. The molecule has 0 radical (unpaired) electrons. The molecule has 0 bridgehead atoms. The van der Waals surface area contributed by atoms with Crippen LogP contribution in [0.1, 0.15) is 15.9 Å². The highest BCUT2D eigenvalue weighted by atomic mass is 16.1. The Morgan fingerprint density at radius 1 is 0.963 bits per heavy atom. The van der Waals surface area contributed by atoms with Crippen LogP contribution in [0.3, 0.4) is 0 Å². The Hall–Kier alpha value is -3.97. The smallest absolute Gasteiger partial charge is 0.256 e. The lowest BCUT2D eigenvalue weighted by Crippen LogP contribution is -2.13. The molecular formula is C23H15N3O. The van der Waals surface area contributed by atoms with E-state index < -0.39 is 0 Å². The normalized spacial score (nSPS) is 10.3. The number of benzene rings is 2. The maximum absolute atomic E-state index is 13.0. The number of anilines is 1. The number of carbonyl (C=O) groups is 1. The van der Waals surface area contributed by atoms with E-state index in [1.165, 1.54) is 0 Å². The molecule has 2 aromatic heterocycles. The topological polar surface area (TPSA) is 54.9 Å². The molecule has 0 aliphatic heterocycles. The molecular weight excluding hydrogens is 334 g/mol. The van der Waals surface area contributed by atoms with Crippen molar-refractivity contribution in [2.45, 2.75) is 0 Å². The summed E-state index contributed by atoms with van der Waals surface area (Å²) in [6.07, 6.45) is 8.85. The van der Waals surface area contributed by atoms with Crippen molar-refractivity contribution in [1.29, 1.82) is 0 Å². The first-order valence-electron chi connectivity index (χ1n) is 8.43. The molecule has 1 amide bonds. The Balaban J connectivity index is 1.80. The van der Waals surface area contributed by atoms with Crippen LogP contribution in [0.4, 0.5) is 5.69 Å². The minimum Gasteiger partial charge on any atom is -0.322 e. The highest BCUT2D eigenvalue weighted by molar-refractivity contribution is 6.13. The van der Waals surface area contributed by atoms with Gasteiger partial charge in [0.1, 0.15) is 0 Å². The first-order chi connectivity index (χ1) is 13.2. The van der Waals surface area contributed by atoms with Crippen molar-refractivity contribution in [3.8, 4) is 23.6 Å². The van der Waals surface area contributed by atoms with Gasteiger partial charge in [0, 0.05) is 34.6 Å². The van der Waals surface area contributed by atoms with Crippen LogP contribution in [0.2, 0.25) is 0 Å². The molecule has 4 nitrogen and oxygen atoms in total. The number of hydrogen-bond donors (Lipinski definition) is 1. The van der Waals surface area contributed by atoms with Crippen molar-refractivity contribution < 1.29 is 4.79 Å². The summed E-state index contributed by atoms with van der Waals surface area (Å²) in [7, 11) is 0. The van der Waals surface area contributed by atoms with Crippen LogP contribution in [0, 0.1) is 12.3 Å². The molecule has 0 fully saturated rings. The molecule has 0 aliphatic carbocycles. The fourth-order valence-electron chi connectivity index (χ4n) is 2.92. The monoisotopic (exact) mass is 349 g/mol. The van der Waals surface area contributed by atoms with Crippen LogP contribution >= 0.6 is 0 Å². The van der Waals surface area contributed by atoms with Gasteiger partial charge >= 0.3 is 0 Å². The first kappa shape index (κ1) is 16.5. The summed E-state index contributed by atoms with van der Waals surface area (Å²) in [5, 5.41) is 3.72. The summed E-state index contributed by atoms with van der Waals surface area (Å²) in [5.74, 6) is 2.36. The molecule has 2 aromatic carbocycles. The van der Waals surface area contributed by atoms with E-state index in [0.29, 0.717) is 16.8 Å². The zero-order valence-corrected chi connectivity index (χ0v) is 14.4. The van der Waals surface area contributed by atoms with Gasteiger partial charge in [0.15, 0.2) is 0 Å². The van der Waals surface area contributed by atoms with E-state index in [2.05, 4.69) is 21.2 Å². The summed E-state index contributed by atoms with van der Waals surface area (Å²) in [4.78, 5) is 21.7. The molecule has 2 heterocycles. The van der Waals surface area contributed by atoms with E-state index in [4.69, 9.17) is 6.42 Å². The molecule has 4 heteroatoms. The lowest BCUT2D eigenvalue weighted by molar-refractivity contribution is 0.102. The number of amides is 1. The number of pyridine rings is 2. The van der Waals surface area contributed by atoms with Crippen LogP contribution in [0.15, 0.2) is 79.1 Å². The van der Waals surface area contributed by atoms with Crippen LogP contribution < -0.4 is 5.32 Å². The molecule has 0 unspecified atom stereocenters. The van der Waals surface area contributed by atoms with Crippen LogP contribution in [0.25, 0.3) is 22.2 Å². The van der Waals surface area contributed by atoms with E-state index in [9.17, 15) is 4.79 Å². The van der Waals surface area contributed by atoms with Crippen molar-refractivity contribution in [2.75, 3.05) is 5.32 Å². The van der Waals surface area contributed by atoms with Crippen molar-refractivity contribution >= 4 is 22.5 Å². The fourth-order valence-corrected chi connectivity index (χ4v) is 2.92. The number of nitrogens with zero attached hydrogens (tertiary/aromatic N) is 2. The third kappa shape index (κ3) is 3.39. The van der Waals surface area contributed by atoms with Gasteiger partial charge in [0.05, 0.1) is 16.8 Å². The Morgan fingerprint density at radius 3 is 2.59 bits per heavy atom. The third-order valence-electron chi connectivity index (χ3n) is 4.22. The van der Waals surface area contributed by atoms with E-state index >= 15 is 0 Å². The number of nitrogens with one attached hydrogen (secondary N) is 1. The Bertz CT molecular complexity index is 1180. The first-order valence-corrected chi connectivity index (χ1v) is 8.43. The van der Waals surface area contributed by atoms with Gasteiger partial charge in [0.25, 0.3) is 5.91 Å². The minimum absolute atomic E-state index is 0.210. The van der Waals surface area contributed by atoms with Crippen molar-refractivity contribution in [3.63, 3.8) is 0 Å². The zero-order chi connectivity index (χ0) is 18.6. The molecule has 0 saturated heterocycles. The predicted molar refractivity (Wildman–Crippen MR) is 107 cm³/mol. The standard InChI is InChI=1S/C23H15N3O/c1-2-16-6-5-7-18(14-16)25-23(27)20-15-22(17-10-12-24-13-11-17)26-21-9-4-3-8-19(20)21/h1,3-15H,(H,25,27). The molecule has 4 aromatic rings. The van der Waals surface area contributed by atoms with Gasteiger partial charge in [-0.05, 0) is 42.5 Å². The number of terminal acetylenes is 1. The number of rotatable bonds is 3. The van der Waals surface area contributed by atoms with Crippen LogP contribution in [0.5, 0.6) is 0 Å². The maximum Gasteiger partial charge on any atom is 0.256 e. The average molecular weight is 349 g/mol. The third-order valence-corrected chi connectivity index (χ3v) is 4.22. The Morgan fingerprint density at radius 2 is 1.78 bits per heavy atom. The maximum atomic E-state index is 13.0. The highest BCUT2D eigenvalue weighted by Crippen LogP contribution is 2.25. The predicted octanol–water partition coefficient (Wildman–Crippen LogP) is 4.53. The average Bonchev–Trinajstić information content (AvgIpc) is 2.73. The number of para-hydroxylation sites is 1. The van der Waals surface area contributed by atoms with Gasteiger partial charge in [-0.15, -0.1) is 6.42 Å². The summed E-state index contributed by atoms with van der Waals surface area (Å²) in [6.45, 7) is 0. The van der Waals surface area contributed by atoms with Gasteiger partial charge in [-0.3, -0.25) is 9.78 Å². The zero-order valence-electron chi connectivity index (χ0n) is 14.4. The molecule has 27 heavy (non-hydrogen) atoms. The Kier molecular flexibility index (Phi) is 4.34. The fraction of sp³-hybridized carbons (Fsp3) is 0. The lowest BCUT2D eigenvalue weighted by atomic mass is 10.0. The quantitative estimate of drug-likeness (QED) is 0.553. The minimum atomic E-state index is -0.210. The summed E-state index contributed by atoms with van der Waals surface area (Å²) >= 11 is 0. The van der Waals surface area contributed by atoms with E-state index in [0.717, 1.165) is 22.2 Å². The summed E-state index contributed by atoms with van der Waals surface area (Å²) in [6, 6.07) is 20.4. The van der Waals surface area contributed by atoms with Gasteiger partial charge in [0.2, 0.25) is 0 Å². The summed E-state index contributed by atoms with van der Waals surface area (Å²) < 4.78 is 0. The molecule has 0 saturated carbocycles. The second-order valence-electron chi connectivity index (χ2n) is 5.99.